The molecule has 0 unspecified atom stereocenters. The number of carbonyl (C=O) groups is 1. The van der Waals surface area contributed by atoms with Gasteiger partial charge in [0.1, 0.15) is 5.76 Å². The average Bonchev–Trinajstić information content (AvgIpc) is 2.95. The third-order valence-corrected chi connectivity index (χ3v) is 3.12. The topological polar surface area (TPSA) is 105 Å². The zero-order valence-corrected chi connectivity index (χ0v) is 10.7. The largest absolute Gasteiger partial charge is 0.478 e. The highest BCUT2D eigenvalue weighted by molar-refractivity contribution is 5.92. The summed E-state index contributed by atoms with van der Waals surface area (Å²) >= 11 is 0. The second kappa shape index (κ2) is 4.78. The van der Waals surface area contributed by atoms with Gasteiger partial charge in [0.25, 0.3) is 5.56 Å². The van der Waals surface area contributed by atoms with Crippen molar-refractivity contribution in [3.8, 4) is 0 Å². The van der Waals surface area contributed by atoms with E-state index < -0.39 is 17.2 Å². The molecule has 3 rings (SSSR count). The van der Waals surface area contributed by atoms with Crippen molar-refractivity contribution < 1.29 is 14.3 Å². The highest BCUT2D eigenvalue weighted by atomic mass is 16.4. The second-order valence-electron chi connectivity index (χ2n) is 4.47. The van der Waals surface area contributed by atoms with Crippen LogP contribution in [-0.2, 0) is 6.54 Å². The van der Waals surface area contributed by atoms with Crippen molar-refractivity contribution in [2.45, 2.75) is 6.54 Å². The molecule has 2 heterocycles. The number of aromatic nitrogens is 2. The summed E-state index contributed by atoms with van der Waals surface area (Å²) < 4.78 is 6.12. The van der Waals surface area contributed by atoms with Gasteiger partial charge in [0.05, 0.1) is 29.3 Å². The fourth-order valence-electron chi connectivity index (χ4n) is 2.09. The van der Waals surface area contributed by atoms with Gasteiger partial charge in [-0.15, -0.1) is 0 Å². The third kappa shape index (κ3) is 2.25. The van der Waals surface area contributed by atoms with Crippen LogP contribution in [0.2, 0.25) is 0 Å². The standard InChI is InChI=1S/C14H10N2O5/c17-12-10-4-3-8(13(18)19)6-11(10)15-14(20)16(12)7-9-2-1-5-21-9/h1-6H,7H2,(H,15,20)(H,18,19). The maximum atomic E-state index is 12.3. The van der Waals surface area contributed by atoms with Crippen LogP contribution < -0.4 is 11.2 Å². The van der Waals surface area contributed by atoms with Gasteiger partial charge in [-0.25, -0.2) is 9.59 Å². The minimum absolute atomic E-state index is 0.00124. The van der Waals surface area contributed by atoms with E-state index in [1.54, 1.807) is 12.1 Å². The zero-order valence-electron chi connectivity index (χ0n) is 10.7. The second-order valence-corrected chi connectivity index (χ2v) is 4.47. The molecular weight excluding hydrogens is 276 g/mol. The molecule has 0 saturated heterocycles. The lowest BCUT2D eigenvalue weighted by atomic mass is 10.1. The van der Waals surface area contributed by atoms with E-state index in [2.05, 4.69) is 4.98 Å². The number of benzene rings is 1. The Morgan fingerprint density at radius 2 is 2.10 bits per heavy atom. The van der Waals surface area contributed by atoms with Gasteiger partial charge in [-0.05, 0) is 30.3 Å². The molecule has 7 heteroatoms. The molecule has 3 aromatic rings. The van der Waals surface area contributed by atoms with E-state index >= 15 is 0 Å². The number of fused-ring (bicyclic) bond motifs is 1. The van der Waals surface area contributed by atoms with Crippen LogP contribution in [0.5, 0.6) is 0 Å². The molecule has 0 saturated carbocycles. The van der Waals surface area contributed by atoms with Gasteiger partial charge >= 0.3 is 11.7 Å². The first-order chi connectivity index (χ1) is 10.1. The summed E-state index contributed by atoms with van der Waals surface area (Å²) in [7, 11) is 0. The van der Waals surface area contributed by atoms with Crippen LogP contribution in [0.25, 0.3) is 10.9 Å². The first-order valence-electron chi connectivity index (χ1n) is 6.09. The number of nitrogens with one attached hydrogen (secondary N) is 1. The Hall–Kier alpha value is -3.09. The minimum Gasteiger partial charge on any atom is -0.478 e. The van der Waals surface area contributed by atoms with Crippen LogP contribution >= 0.6 is 0 Å². The molecule has 2 N–H and O–H groups in total. The summed E-state index contributed by atoms with van der Waals surface area (Å²) in [6.45, 7) is 0.0117. The number of hydrogen-bond acceptors (Lipinski definition) is 4. The van der Waals surface area contributed by atoms with Crippen molar-refractivity contribution in [2.24, 2.45) is 0 Å². The number of aromatic carboxylic acids is 1. The zero-order chi connectivity index (χ0) is 15.0. The highest BCUT2D eigenvalue weighted by Crippen LogP contribution is 2.09. The van der Waals surface area contributed by atoms with Crippen molar-refractivity contribution in [3.05, 3.63) is 68.8 Å². The van der Waals surface area contributed by atoms with Crippen molar-refractivity contribution in [1.82, 2.24) is 9.55 Å². The third-order valence-electron chi connectivity index (χ3n) is 3.12. The van der Waals surface area contributed by atoms with Crippen molar-refractivity contribution >= 4 is 16.9 Å². The molecule has 1 aromatic carbocycles. The summed E-state index contributed by atoms with van der Waals surface area (Å²) in [4.78, 5) is 37.7. The van der Waals surface area contributed by atoms with Gasteiger partial charge in [-0.3, -0.25) is 9.36 Å². The van der Waals surface area contributed by atoms with E-state index in [0.717, 1.165) is 4.57 Å². The lowest BCUT2D eigenvalue weighted by molar-refractivity contribution is 0.0697. The van der Waals surface area contributed by atoms with Crippen molar-refractivity contribution in [2.75, 3.05) is 0 Å². The van der Waals surface area contributed by atoms with E-state index in [9.17, 15) is 14.4 Å². The Kier molecular flexibility index (Phi) is 2.94. The molecule has 0 fully saturated rings. The molecule has 2 aromatic heterocycles. The molecule has 106 valence electrons. The quantitative estimate of drug-likeness (QED) is 0.748. The van der Waals surface area contributed by atoms with Crippen LogP contribution in [-0.4, -0.2) is 20.6 Å². The molecule has 0 aliphatic carbocycles. The molecule has 0 atom stereocenters. The average molecular weight is 286 g/mol. The van der Waals surface area contributed by atoms with Crippen molar-refractivity contribution in [1.29, 1.82) is 0 Å². The van der Waals surface area contributed by atoms with Crippen LogP contribution in [0.1, 0.15) is 16.1 Å². The molecule has 0 radical (unpaired) electrons. The molecular formula is C14H10N2O5. The number of hydrogen-bond donors (Lipinski definition) is 2. The fraction of sp³-hybridized carbons (Fsp3) is 0.0714. The number of nitrogens with zero attached hydrogens (tertiary/aromatic N) is 1. The maximum absolute atomic E-state index is 12.3. The molecule has 0 bridgehead atoms. The summed E-state index contributed by atoms with van der Waals surface area (Å²) in [6.07, 6.45) is 1.45. The monoisotopic (exact) mass is 286 g/mol. The molecule has 21 heavy (non-hydrogen) atoms. The van der Waals surface area contributed by atoms with Gasteiger partial charge in [0.15, 0.2) is 0 Å². The first kappa shape index (κ1) is 12.9. The van der Waals surface area contributed by atoms with E-state index in [-0.39, 0.29) is 23.0 Å². The number of rotatable bonds is 3. The number of furan rings is 1. The predicted octanol–water partition coefficient (Wildman–Crippen LogP) is 1.03. The number of carboxylic acids is 1. The molecule has 0 aliphatic heterocycles. The van der Waals surface area contributed by atoms with E-state index in [1.165, 1.54) is 24.5 Å². The summed E-state index contributed by atoms with van der Waals surface area (Å²) in [6, 6.07) is 7.29. The maximum Gasteiger partial charge on any atom is 0.335 e. The summed E-state index contributed by atoms with van der Waals surface area (Å²) in [5.41, 5.74) is -0.921. The molecule has 0 aliphatic rings. The Labute approximate surface area is 117 Å². The number of carboxylic acid groups (broad SMARTS) is 1. The van der Waals surface area contributed by atoms with Crippen LogP contribution in [0.3, 0.4) is 0 Å². The van der Waals surface area contributed by atoms with E-state index in [0.29, 0.717) is 5.76 Å². The molecule has 0 amide bonds. The van der Waals surface area contributed by atoms with E-state index in [4.69, 9.17) is 9.52 Å². The van der Waals surface area contributed by atoms with Gasteiger partial charge in [0.2, 0.25) is 0 Å². The Bertz CT molecular complexity index is 934. The Balaban J connectivity index is 2.20. The van der Waals surface area contributed by atoms with E-state index in [1.807, 2.05) is 0 Å². The SMILES string of the molecule is O=C(O)c1ccc2c(=O)n(Cc3ccco3)c(=O)[nH]c2c1. The van der Waals surface area contributed by atoms with Crippen LogP contribution in [0.4, 0.5) is 0 Å². The van der Waals surface area contributed by atoms with Gasteiger partial charge in [-0.2, -0.15) is 0 Å². The lowest BCUT2D eigenvalue weighted by Gasteiger charge is -2.05. The van der Waals surface area contributed by atoms with Gasteiger partial charge in [0, 0.05) is 0 Å². The summed E-state index contributed by atoms with van der Waals surface area (Å²) in [5.74, 6) is -0.651. The fourth-order valence-corrected chi connectivity index (χ4v) is 2.09. The van der Waals surface area contributed by atoms with Crippen LogP contribution in [0, 0.1) is 0 Å². The minimum atomic E-state index is -1.13. The Morgan fingerprint density at radius 1 is 1.29 bits per heavy atom. The van der Waals surface area contributed by atoms with Gasteiger partial charge < -0.3 is 14.5 Å². The lowest BCUT2D eigenvalue weighted by Crippen LogP contribution is -2.35. The summed E-state index contributed by atoms with van der Waals surface area (Å²) in [5, 5.41) is 9.16. The normalized spacial score (nSPS) is 10.9. The number of H-pyrrole nitrogens is 1. The first-order valence-corrected chi connectivity index (χ1v) is 6.09. The van der Waals surface area contributed by atoms with Gasteiger partial charge in [-0.1, -0.05) is 0 Å². The Morgan fingerprint density at radius 3 is 2.76 bits per heavy atom. The molecule has 0 spiro atoms. The van der Waals surface area contributed by atoms with Crippen LogP contribution in [0.15, 0.2) is 50.6 Å². The molecule has 7 nitrogen and oxygen atoms in total. The number of aromatic amines is 1. The smallest absolute Gasteiger partial charge is 0.335 e. The highest BCUT2D eigenvalue weighted by Gasteiger charge is 2.11. The predicted molar refractivity (Wildman–Crippen MR) is 73.6 cm³/mol. The van der Waals surface area contributed by atoms with Crippen molar-refractivity contribution in [3.63, 3.8) is 0 Å².